The van der Waals surface area contributed by atoms with Gasteiger partial charge in [0.05, 0.1) is 13.2 Å². The molecule has 1 aromatic rings. The second-order valence-electron chi connectivity index (χ2n) is 9.07. The van der Waals surface area contributed by atoms with Crippen molar-refractivity contribution in [3.63, 3.8) is 0 Å². The van der Waals surface area contributed by atoms with Gasteiger partial charge >= 0.3 is 0 Å². The van der Waals surface area contributed by atoms with Gasteiger partial charge in [-0.2, -0.15) is 0 Å². The largest absolute Gasteiger partial charge is 0.508 e. The molecule has 1 aromatic carbocycles. The van der Waals surface area contributed by atoms with Crippen LogP contribution in [-0.2, 0) is 11.2 Å². The fourth-order valence-corrected chi connectivity index (χ4v) is 3.77. The van der Waals surface area contributed by atoms with Crippen LogP contribution in [0.25, 0.3) is 0 Å². The van der Waals surface area contributed by atoms with Gasteiger partial charge < -0.3 is 25.4 Å². The van der Waals surface area contributed by atoms with Gasteiger partial charge in [-0.1, -0.05) is 36.4 Å². The molecule has 2 rings (SSSR count). The standard InChI is InChI=1S/C25H39NO4/c1-24(2,26-19-25(20-28)14-12-23(29)22(17-25)18-27)13-6-7-15-30-16-8-11-21-9-4-3-5-10-21/h3-5,9-10,12,14,26-29H,6-8,11,13,15-20H2,1-2H3. The molecular formula is C25H39NO4. The molecule has 168 valence electrons. The highest BCUT2D eigenvalue weighted by Gasteiger charge is 2.33. The van der Waals surface area contributed by atoms with E-state index in [0.29, 0.717) is 18.5 Å². The van der Waals surface area contributed by atoms with Crippen molar-refractivity contribution in [1.82, 2.24) is 5.32 Å². The van der Waals surface area contributed by atoms with Gasteiger partial charge in [0.2, 0.25) is 0 Å². The maximum atomic E-state index is 9.93. The fraction of sp³-hybridized carbons (Fsp3) is 0.600. The van der Waals surface area contributed by atoms with Crippen LogP contribution in [0.4, 0.5) is 0 Å². The lowest BCUT2D eigenvalue weighted by Gasteiger charge is -2.37. The minimum absolute atomic E-state index is 0.0276. The topological polar surface area (TPSA) is 82.0 Å². The van der Waals surface area contributed by atoms with Crippen molar-refractivity contribution in [3.8, 4) is 0 Å². The van der Waals surface area contributed by atoms with E-state index >= 15 is 0 Å². The van der Waals surface area contributed by atoms with Crippen LogP contribution in [0.2, 0.25) is 0 Å². The zero-order valence-corrected chi connectivity index (χ0v) is 18.6. The number of hydrogen-bond acceptors (Lipinski definition) is 5. The highest BCUT2D eigenvalue weighted by Crippen LogP contribution is 2.33. The monoisotopic (exact) mass is 417 g/mol. The smallest absolute Gasteiger partial charge is 0.116 e. The van der Waals surface area contributed by atoms with Gasteiger partial charge in [-0.15, -0.1) is 0 Å². The molecule has 0 radical (unpaired) electrons. The fourth-order valence-electron chi connectivity index (χ4n) is 3.77. The number of aryl methyl sites for hydroxylation is 1. The molecule has 5 nitrogen and oxygen atoms in total. The lowest BCUT2D eigenvalue weighted by molar-refractivity contribution is 0.123. The van der Waals surface area contributed by atoms with E-state index in [1.54, 1.807) is 6.08 Å². The molecule has 0 saturated carbocycles. The molecule has 0 aliphatic heterocycles. The Balaban J connectivity index is 1.60. The normalized spacial score (nSPS) is 19.5. The van der Waals surface area contributed by atoms with Crippen LogP contribution in [0.15, 0.2) is 53.8 Å². The van der Waals surface area contributed by atoms with Crippen molar-refractivity contribution in [3.05, 3.63) is 59.4 Å². The van der Waals surface area contributed by atoms with Crippen LogP contribution in [-0.4, -0.2) is 53.8 Å². The number of ether oxygens (including phenoxy) is 1. The Morgan fingerprint density at radius 1 is 1.07 bits per heavy atom. The number of benzene rings is 1. The summed E-state index contributed by atoms with van der Waals surface area (Å²) in [4.78, 5) is 0. The molecule has 0 spiro atoms. The first-order valence-corrected chi connectivity index (χ1v) is 11.1. The minimum atomic E-state index is -0.483. The van der Waals surface area contributed by atoms with Crippen molar-refractivity contribution >= 4 is 0 Å². The Bertz CT molecular complexity index is 684. The lowest BCUT2D eigenvalue weighted by atomic mass is 9.77. The summed E-state index contributed by atoms with van der Waals surface area (Å²) in [6, 6.07) is 10.5. The number of aliphatic hydroxyl groups excluding tert-OH is 3. The molecule has 1 aliphatic carbocycles. The Kier molecular flexibility index (Phi) is 10.1. The second-order valence-corrected chi connectivity index (χ2v) is 9.07. The average molecular weight is 418 g/mol. The number of nitrogens with one attached hydrogen (secondary N) is 1. The molecule has 0 fully saturated rings. The predicted molar refractivity (Wildman–Crippen MR) is 122 cm³/mol. The zero-order chi connectivity index (χ0) is 21.9. The maximum Gasteiger partial charge on any atom is 0.116 e. The van der Waals surface area contributed by atoms with E-state index in [4.69, 9.17) is 4.74 Å². The van der Waals surface area contributed by atoms with E-state index in [-0.39, 0.29) is 24.5 Å². The van der Waals surface area contributed by atoms with Crippen molar-refractivity contribution in [2.24, 2.45) is 5.41 Å². The molecule has 1 atom stereocenters. The van der Waals surface area contributed by atoms with Crippen LogP contribution in [0.3, 0.4) is 0 Å². The van der Waals surface area contributed by atoms with Crippen molar-refractivity contribution in [1.29, 1.82) is 0 Å². The molecule has 0 heterocycles. The van der Waals surface area contributed by atoms with Gasteiger partial charge in [-0.25, -0.2) is 0 Å². The van der Waals surface area contributed by atoms with Crippen LogP contribution in [0.5, 0.6) is 0 Å². The van der Waals surface area contributed by atoms with Crippen LogP contribution in [0, 0.1) is 5.41 Å². The highest BCUT2D eigenvalue weighted by molar-refractivity contribution is 5.29. The van der Waals surface area contributed by atoms with E-state index < -0.39 is 5.41 Å². The van der Waals surface area contributed by atoms with Crippen LogP contribution < -0.4 is 5.32 Å². The molecule has 1 aliphatic rings. The minimum Gasteiger partial charge on any atom is -0.508 e. The molecule has 0 bridgehead atoms. The van der Waals surface area contributed by atoms with Crippen molar-refractivity contribution in [2.75, 3.05) is 33.0 Å². The second kappa shape index (κ2) is 12.3. The third-order valence-corrected chi connectivity index (χ3v) is 5.88. The number of aliphatic hydroxyl groups is 3. The third kappa shape index (κ3) is 8.23. The summed E-state index contributed by atoms with van der Waals surface area (Å²) in [5.74, 6) is 0.115. The van der Waals surface area contributed by atoms with Gasteiger partial charge in [0.25, 0.3) is 0 Å². The molecular weight excluding hydrogens is 378 g/mol. The number of allylic oxidation sites excluding steroid dienone is 1. The summed E-state index contributed by atoms with van der Waals surface area (Å²) in [5.41, 5.74) is 1.39. The summed E-state index contributed by atoms with van der Waals surface area (Å²) in [7, 11) is 0. The third-order valence-electron chi connectivity index (χ3n) is 5.88. The summed E-state index contributed by atoms with van der Waals surface area (Å²) in [6.07, 6.45) is 9.14. The summed E-state index contributed by atoms with van der Waals surface area (Å²) < 4.78 is 5.78. The van der Waals surface area contributed by atoms with Gasteiger partial charge in [0, 0.05) is 30.7 Å². The summed E-state index contributed by atoms with van der Waals surface area (Å²) in [6.45, 7) is 6.32. The molecule has 1 unspecified atom stereocenters. The van der Waals surface area contributed by atoms with E-state index in [1.807, 2.05) is 12.1 Å². The zero-order valence-electron chi connectivity index (χ0n) is 18.6. The van der Waals surface area contributed by atoms with Gasteiger partial charge in [-0.05, 0) is 69.6 Å². The lowest BCUT2D eigenvalue weighted by Crippen LogP contribution is -2.47. The molecule has 4 N–H and O–H groups in total. The molecule has 5 heteroatoms. The SMILES string of the molecule is CC(C)(CCCCOCCCc1ccccc1)NCC1(CO)C=CC(O)=C(CO)C1. The van der Waals surface area contributed by atoms with Crippen LogP contribution in [0.1, 0.15) is 51.5 Å². The first-order chi connectivity index (χ1) is 14.4. The quantitative estimate of drug-likeness (QED) is 0.345. The number of unbranched alkanes of at least 4 members (excludes halogenated alkanes) is 1. The Morgan fingerprint density at radius 2 is 1.80 bits per heavy atom. The van der Waals surface area contributed by atoms with Crippen molar-refractivity contribution < 1.29 is 20.1 Å². The molecule has 0 amide bonds. The Hall–Kier alpha value is -1.66. The first-order valence-electron chi connectivity index (χ1n) is 11.1. The predicted octanol–water partition coefficient (Wildman–Crippen LogP) is 3.92. The summed E-state index contributed by atoms with van der Waals surface area (Å²) >= 11 is 0. The highest BCUT2D eigenvalue weighted by atomic mass is 16.5. The van der Waals surface area contributed by atoms with E-state index in [0.717, 1.165) is 45.3 Å². The Labute approximate surface area is 181 Å². The van der Waals surface area contributed by atoms with Gasteiger partial charge in [0.15, 0.2) is 0 Å². The Morgan fingerprint density at radius 3 is 2.50 bits per heavy atom. The van der Waals surface area contributed by atoms with E-state index in [2.05, 4.69) is 43.4 Å². The molecule has 0 saturated heterocycles. The molecule has 0 aromatic heterocycles. The average Bonchev–Trinajstić information content (AvgIpc) is 2.76. The van der Waals surface area contributed by atoms with E-state index in [1.165, 1.54) is 5.56 Å². The van der Waals surface area contributed by atoms with Gasteiger partial charge in [-0.3, -0.25) is 0 Å². The summed E-state index contributed by atoms with van der Waals surface area (Å²) in [5, 5.41) is 32.8. The number of rotatable bonds is 14. The van der Waals surface area contributed by atoms with Gasteiger partial charge in [0.1, 0.15) is 5.76 Å². The molecule has 30 heavy (non-hydrogen) atoms. The van der Waals surface area contributed by atoms with E-state index in [9.17, 15) is 15.3 Å². The number of hydrogen-bond donors (Lipinski definition) is 4. The maximum absolute atomic E-state index is 9.93. The first kappa shape index (κ1) is 24.6. The van der Waals surface area contributed by atoms with Crippen LogP contribution >= 0.6 is 0 Å². The van der Waals surface area contributed by atoms with Crippen molar-refractivity contribution in [2.45, 2.75) is 57.9 Å².